The smallest absolute Gasteiger partial charge is 0.125 e. The monoisotopic (exact) mass is 252 g/mol. The third kappa shape index (κ3) is 5.07. The topological polar surface area (TPSA) is 38.7 Å². The number of rotatable bonds is 8. The van der Waals surface area contributed by atoms with Crippen LogP contribution >= 0.6 is 0 Å². The second-order valence-electron chi connectivity index (χ2n) is 4.53. The molecule has 0 aliphatic carbocycles. The molecule has 0 fully saturated rings. The van der Waals surface area contributed by atoms with Crippen molar-refractivity contribution < 1.29 is 14.6 Å². The zero-order valence-corrected chi connectivity index (χ0v) is 11.6. The van der Waals surface area contributed by atoms with Crippen LogP contribution in [0, 0.1) is 6.92 Å². The van der Waals surface area contributed by atoms with E-state index in [1.807, 2.05) is 25.1 Å². The van der Waals surface area contributed by atoms with E-state index >= 15 is 0 Å². The summed E-state index contributed by atoms with van der Waals surface area (Å²) in [5.41, 5.74) is 1.96. The molecule has 1 rings (SSSR count). The predicted octanol–water partition coefficient (Wildman–Crippen LogP) is 3.24. The van der Waals surface area contributed by atoms with E-state index in [9.17, 15) is 5.11 Å². The normalized spacial score (nSPS) is 12.4. The molecule has 0 heterocycles. The van der Waals surface area contributed by atoms with Crippen LogP contribution in [0.25, 0.3) is 0 Å². The number of hydrogen-bond acceptors (Lipinski definition) is 3. The van der Waals surface area contributed by atoms with Gasteiger partial charge in [0.15, 0.2) is 0 Å². The maximum atomic E-state index is 9.69. The predicted molar refractivity (Wildman–Crippen MR) is 73.0 cm³/mol. The van der Waals surface area contributed by atoms with Gasteiger partial charge in [-0.1, -0.05) is 25.0 Å². The van der Waals surface area contributed by atoms with E-state index < -0.39 is 6.10 Å². The Hall–Kier alpha value is -1.06. The van der Waals surface area contributed by atoms with Gasteiger partial charge in [0.05, 0.1) is 12.7 Å². The lowest BCUT2D eigenvalue weighted by Gasteiger charge is -2.14. The van der Waals surface area contributed by atoms with E-state index in [1.165, 1.54) is 0 Å². The summed E-state index contributed by atoms with van der Waals surface area (Å²) in [4.78, 5) is 0. The average Bonchev–Trinajstić information content (AvgIpc) is 2.35. The van der Waals surface area contributed by atoms with Crippen molar-refractivity contribution in [2.24, 2.45) is 0 Å². The van der Waals surface area contributed by atoms with Gasteiger partial charge in [-0.15, -0.1) is 0 Å². The SMILES string of the molecule is CCCCOCCOc1ccc(C)cc1[C@H](C)O. The van der Waals surface area contributed by atoms with Gasteiger partial charge in [-0.2, -0.15) is 0 Å². The van der Waals surface area contributed by atoms with Crippen molar-refractivity contribution in [1.82, 2.24) is 0 Å². The Bertz CT molecular complexity index is 348. The molecule has 0 amide bonds. The van der Waals surface area contributed by atoms with E-state index in [1.54, 1.807) is 6.92 Å². The third-order valence-corrected chi connectivity index (χ3v) is 2.74. The molecule has 1 atom stereocenters. The van der Waals surface area contributed by atoms with Crippen LogP contribution in [0.15, 0.2) is 18.2 Å². The van der Waals surface area contributed by atoms with Gasteiger partial charge >= 0.3 is 0 Å². The minimum Gasteiger partial charge on any atom is -0.491 e. The van der Waals surface area contributed by atoms with Crippen LogP contribution in [0.3, 0.4) is 0 Å². The number of ether oxygens (including phenoxy) is 2. The maximum Gasteiger partial charge on any atom is 0.125 e. The fourth-order valence-corrected chi connectivity index (χ4v) is 1.68. The summed E-state index contributed by atoms with van der Waals surface area (Å²) in [7, 11) is 0. The lowest BCUT2D eigenvalue weighted by molar-refractivity contribution is 0.0962. The summed E-state index contributed by atoms with van der Waals surface area (Å²) in [5.74, 6) is 0.745. The van der Waals surface area contributed by atoms with Gasteiger partial charge in [-0.25, -0.2) is 0 Å². The van der Waals surface area contributed by atoms with E-state index in [4.69, 9.17) is 9.47 Å². The van der Waals surface area contributed by atoms with Crippen molar-refractivity contribution in [2.45, 2.75) is 39.7 Å². The van der Waals surface area contributed by atoms with Gasteiger partial charge in [-0.05, 0) is 32.4 Å². The zero-order valence-electron chi connectivity index (χ0n) is 11.6. The molecule has 1 aromatic carbocycles. The molecule has 1 aromatic rings. The number of hydrogen-bond donors (Lipinski definition) is 1. The highest BCUT2D eigenvalue weighted by Gasteiger charge is 2.09. The molecule has 0 aromatic heterocycles. The standard InChI is InChI=1S/C15H24O3/c1-4-5-8-17-9-10-18-15-7-6-12(2)11-14(15)13(3)16/h6-7,11,13,16H,4-5,8-10H2,1-3H3/t13-/m0/s1. The number of aliphatic hydroxyl groups excluding tert-OH is 1. The molecule has 0 unspecified atom stereocenters. The quantitative estimate of drug-likeness (QED) is 0.722. The number of aliphatic hydroxyl groups is 1. The third-order valence-electron chi connectivity index (χ3n) is 2.74. The number of aryl methyl sites for hydroxylation is 1. The van der Waals surface area contributed by atoms with E-state index in [2.05, 4.69) is 6.92 Å². The first-order chi connectivity index (χ1) is 8.65. The molecule has 1 N–H and O–H groups in total. The molecule has 0 radical (unpaired) electrons. The molecule has 0 aliphatic rings. The largest absolute Gasteiger partial charge is 0.491 e. The average molecular weight is 252 g/mol. The summed E-state index contributed by atoms with van der Waals surface area (Å²) >= 11 is 0. The summed E-state index contributed by atoms with van der Waals surface area (Å²) in [6.45, 7) is 7.79. The minimum atomic E-state index is -0.513. The van der Waals surface area contributed by atoms with Gasteiger partial charge in [-0.3, -0.25) is 0 Å². The highest BCUT2D eigenvalue weighted by molar-refractivity contribution is 5.38. The van der Waals surface area contributed by atoms with E-state index in [0.29, 0.717) is 13.2 Å². The Morgan fingerprint density at radius 3 is 2.67 bits per heavy atom. The number of benzene rings is 1. The first kappa shape index (κ1) is 15.0. The van der Waals surface area contributed by atoms with Crippen LogP contribution in [0.4, 0.5) is 0 Å². The van der Waals surface area contributed by atoms with Crippen LogP contribution in [0.2, 0.25) is 0 Å². The molecule has 0 bridgehead atoms. The van der Waals surface area contributed by atoms with E-state index in [-0.39, 0.29) is 0 Å². The van der Waals surface area contributed by atoms with Crippen molar-refractivity contribution in [3.63, 3.8) is 0 Å². The molecule has 0 spiro atoms. The highest BCUT2D eigenvalue weighted by Crippen LogP contribution is 2.26. The first-order valence-corrected chi connectivity index (χ1v) is 6.64. The molecule has 3 heteroatoms. The minimum absolute atomic E-state index is 0.513. The Kier molecular flexibility index (Phi) is 6.76. The van der Waals surface area contributed by atoms with Gasteiger partial charge in [0.2, 0.25) is 0 Å². The first-order valence-electron chi connectivity index (χ1n) is 6.64. The Balaban J connectivity index is 2.42. The highest BCUT2D eigenvalue weighted by atomic mass is 16.5. The summed E-state index contributed by atoms with van der Waals surface area (Å²) in [6, 6.07) is 5.85. The fourth-order valence-electron chi connectivity index (χ4n) is 1.68. The molecule has 102 valence electrons. The number of unbranched alkanes of at least 4 members (excludes halogenated alkanes) is 1. The molecule has 18 heavy (non-hydrogen) atoms. The Labute approximate surface area is 110 Å². The van der Waals surface area contributed by atoms with Crippen molar-refractivity contribution in [1.29, 1.82) is 0 Å². The van der Waals surface area contributed by atoms with Gasteiger partial charge in [0, 0.05) is 12.2 Å². The van der Waals surface area contributed by atoms with Gasteiger partial charge < -0.3 is 14.6 Å². The molecular formula is C15H24O3. The summed E-state index contributed by atoms with van der Waals surface area (Å²) in [6.07, 6.45) is 1.72. The summed E-state index contributed by atoms with van der Waals surface area (Å²) in [5, 5.41) is 9.69. The molecule has 0 aliphatic heterocycles. The Morgan fingerprint density at radius 2 is 2.00 bits per heavy atom. The van der Waals surface area contributed by atoms with Crippen molar-refractivity contribution >= 4 is 0 Å². The van der Waals surface area contributed by atoms with Crippen molar-refractivity contribution in [3.8, 4) is 5.75 Å². The fraction of sp³-hybridized carbons (Fsp3) is 0.600. The molecule has 3 nitrogen and oxygen atoms in total. The lowest BCUT2D eigenvalue weighted by atomic mass is 10.1. The lowest BCUT2D eigenvalue weighted by Crippen LogP contribution is -2.09. The van der Waals surface area contributed by atoms with Crippen LogP contribution in [0.5, 0.6) is 5.75 Å². The maximum absolute atomic E-state index is 9.69. The molecular weight excluding hydrogens is 228 g/mol. The van der Waals surface area contributed by atoms with Crippen LogP contribution in [-0.4, -0.2) is 24.9 Å². The van der Waals surface area contributed by atoms with Gasteiger partial charge in [0.1, 0.15) is 12.4 Å². The van der Waals surface area contributed by atoms with Crippen molar-refractivity contribution in [3.05, 3.63) is 29.3 Å². The molecule has 0 saturated carbocycles. The second kappa shape index (κ2) is 8.11. The summed E-state index contributed by atoms with van der Waals surface area (Å²) < 4.78 is 11.1. The van der Waals surface area contributed by atoms with Crippen molar-refractivity contribution in [2.75, 3.05) is 19.8 Å². The van der Waals surface area contributed by atoms with Crippen LogP contribution < -0.4 is 4.74 Å². The van der Waals surface area contributed by atoms with Crippen LogP contribution in [0.1, 0.15) is 43.9 Å². The van der Waals surface area contributed by atoms with E-state index in [0.717, 1.165) is 36.3 Å². The molecule has 0 saturated heterocycles. The van der Waals surface area contributed by atoms with Crippen LogP contribution in [-0.2, 0) is 4.74 Å². The van der Waals surface area contributed by atoms with Gasteiger partial charge in [0.25, 0.3) is 0 Å². The zero-order chi connectivity index (χ0) is 13.4. The second-order valence-corrected chi connectivity index (χ2v) is 4.53. The Morgan fingerprint density at radius 1 is 1.22 bits per heavy atom.